The summed E-state index contributed by atoms with van der Waals surface area (Å²) in [6, 6.07) is 88.5. The van der Waals surface area contributed by atoms with Crippen molar-refractivity contribution in [2.24, 2.45) is 0 Å². The monoisotopic (exact) mass is 873 g/mol. The number of benzene rings is 10. The molecular formula is C67H55N. The van der Waals surface area contributed by atoms with E-state index in [4.69, 9.17) is 0 Å². The van der Waals surface area contributed by atoms with Gasteiger partial charge in [-0.05, 0) is 143 Å². The molecule has 0 amide bonds. The molecule has 0 saturated heterocycles. The Morgan fingerprint density at radius 2 is 0.838 bits per heavy atom. The Morgan fingerprint density at radius 3 is 1.53 bits per heavy atom. The van der Waals surface area contributed by atoms with Gasteiger partial charge in [-0.25, -0.2) is 0 Å². The van der Waals surface area contributed by atoms with Crippen LogP contribution in [0.15, 0.2) is 237 Å². The van der Waals surface area contributed by atoms with E-state index in [9.17, 15) is 0 Å². The fraction of sp³-hybridized carbons (Fsp3) is 0.134. The van der Waals surface area contributed by atoms with E-state index in [0.29, 0.717) is 0 Å². The highest BCUT2D eigenvalue weighted by Gasteiger charge is 2.47. The summed E-state index contributed by atoms with van der Waals surface area (Å²) < 4.78 is 0. The van der Waals surface area contributed by atoms with Gasteiger partial charge in [-0.1, -0.05) is 228 Å². The fourth-order valence-electron chi connectivity index (χ4n) is 12.0. The zero-order chi connectivity index (χ0) is 46.0. The van der Waals surface area contributed by atoms with Crippen molar-refractivity contribution in [2.75, 3.05) is 4.90 Å². The average molecular weight is 874 g/mol. The van der Waals surface area contributed by atoms with E-state index in [2.05, 4.69) is 269 Å². The third-order valence-corrected chi connectivity index (χ3v) is 15.4. The summed E-state index contributed by atoms with van der Waals surface area (Å²) in [5.41, 5.74) is 20.8. The SMILES string of the molecule is CC1(C)CCC(C)(C)c2c(-c3cc4c(cc3N(c3ccc(-c5ccccc5)cc3)c3ccc(-c5cccc6ccccc56)cc3)C(c3ccccc3)(c3ccccc3)c3ccccc3-4)cccc21. The number of hydrogen-bond acceptors (Lipinski definition) is 1. The molecule has 0 N–H and O–H groups in total. The summed E-state index contributed by atoms with van der Waals surface area (Å²) >= 11 is 0. The lowest BCUT2D eigenvalue weighted by molar-refractivity contribution is 0.333. The van der Waals surface area contributed by atoms with Crippen LogP contribution in [-0.4, -0.2) is 0 Å². The van der Waals surface area contributed by atoms with Gasteiger partial charge >= 0.3 is 0 Å². The molecule has 328 valence electrons. The largest absolute Gasteiger partial charge is 0.310 e. The van der Waals surface area contributed by atoms with Crippen LogP contribution in [-0.2, 0) is 16.2 Å². The van der Waals surface area contributed by atoms with Gasteiger partial charge in [-0.15, -0.1) is 0 Å². The van der Waals surface area contributed by atoms with E-state index in [1.165, 1.54) is 88.7 Å². The van der Waals surface area contributed by atoms with Crippen LogP contribution >= 0.6 is 0 Å². The van der Waals surface area contributed by atoms with Crippen molar-refractivity contribution in [3.63, 3.8) is 0 Å². The molecule has 10 aromatic carbocycles. The number of hydrogen-bond donors (Lipinski definition) is 0. The maximum Gasteiger partial charge on any atom is 0.0714 e. The van der Waals surface area contributed by atoms with Crippen LogP contribution in [0.25, 0.3) is 55.3 Å². The van der Waals surface area contributed by atoms with Crippen LogP contribution in [0.4, 0.5) is 17.1 Å². The van der Waals surface area contributed by atoms with E-state index in [-0.39, 0.29) is 10.8 Å². The highest BCUT2D eigenvalue weighted by Crippen LogP contribution is 2.60. The maximum atomic E-state index is 2.58. The van der Waals surface area contributed by atoms with Gasteiger partial charge in [0.1, 0.15) is 0 Å². The molecule has 2 aliphatic rings. The summed E-state index contributed by atoms with van der Waals surface area (Å²) in [4.78, 5) is 2.54. The lowest BCUT2D eigenvalue weighted by atomic mass is 9.61. The van der Waals surface area contributed by atoms with E-state index in [0.717, 1.165) is 29.9 Å². The molecule has 0 unspecified atom stereocenters. The lowest BCUT2D eigenvalue weighted by Gasteiger charge is -2.43. The van der Waals surface area contributed by atoms with Crippen LogP contribution in [0.3, 0.4) is 0 Å². The molecule has 12 rings (SSSR count). The lowest BCUT2D eigenvalue weighted by Crippen LogP contribution is -2.34. The molecule has 0 atom stereocenters. The molecule has 0 spiro atoms. The molecule has 0 bridgehead atoms. The van der Waals surface area contributed by atoms with Gasteiger partial charge in [0, 0.05) is 16.9 Å². The highest BCUT2D eigenvalue weighted by molar-refractivity contribution is 5.99. The Morgan fingerprint density at radius 1 is 0.338 bits per heavy atom. The summed E-state index contributed by atoms with van der Waals surface area (Å²) in [6.07, 6.45) is 2.28. The number of rotatable bonds is 8. The van der Waals surface area contributed by atoms with Gasteiger partial charge in [0.15, 0.2) is 0 Å². The maximum absolute atomic E-state index is 2.58. The predicted molar refractivity (Wildman–Crippen MR) is 288 cm³/mol. The molecule has 0 saturated carbocycles. The zero-order valence-electron chi connectivity index (χ0n) is 39.4. The Balaban J connectivity index is 1.18. The van der Waals surface area contributed by atoms with Crippen molar-refractivity contribution in [1.29, 1.82) is 0 Å². The Labute approximate surface area is 402 Å². The summed E-state index contributed by atoms with van der Waals surface area (Å²) in [7, 11) is 0. The van der Waals surface area contributed by atoms with Crippen molar-refractivity contribution in [2.45, 2.75) is 56.8 Å². The second-order valence-electron chi connectivity index (χ2n) is 20.3. The van der Waals surface area contributed by atoms with Crippen LogP contribution in [0.1, 0.15) is 73.9 Å². The summed E-state index contributed by atoms with van der Waals surface area (Å²) in [6.45, 7) is 9.82. The number of fused-ring (bicyclic) bond motifs is 5. The van der Waals surface area contributed by atoms with Crippen molar-refractivity contribution in [1.82, 2.24) is 0 Å². The van der Waals surface area contributed by atoms with E-state index < -0.39 is 5.41 Å². The smallest absolute Gasteiger partial charge is 0.0714 e. The molecule has 10 aromatic rings. The van der Waals surface area contributed by atoms with Crippen molar-refractivity contribution in [3.05, 3.63) is 270 Å². The number of nitrogens with zero attached hydrogens (tertiary/aromatic N) is 1. The van der Waals surface area contributed by atoms with Crippen molar-refractivity contribution >= 4 is 27.8 Å². The first kappa shape index (κ1) is 41.7. The van der Waals surface area contributed by atoms with Crippen LogP contribution in [0, 0.1) is 0 Å². The first-order valence-electron chi connectivity index (χ1n) is 24.3. The topological polar surface area (TPSA) is 3.24 Å². The minimum absolute atomic E-state index is 0.0320. The zero-order valence-corrected chi connectivity index (χ0v) is 39.4. The molecule has 0 aromatic heterocycles. The van der Waals surface area contributed by atoms with Gasteiger partial charge in [0.2, 0.25) is 0 Å². The average Bonchev–Trinajstić information content (AvgIpc) is 3.68. The first-order chi connectivity index (χ1) is 33.2. The Kier molecular flexibility index (Phi) is 9.96. The second kappa shape index (κ2) is 16.2. The van der Waals surface area contributed by atoms with Gasteiger partial charge in [0.05, 0.1) is 11.1 Å². The third-order valence-electron chi connectivity index (χ3n) is 15.4. The van der Waals surface area contributed by atoms with Crippen LogP contribution in [0.5, 0.6) is 0 Å². The van der Waals surface area contributed by atoms with E-state index in [1.54, 1.807) is 0 Å². The van der Waals surface area contributed by atoms with Crippen LogP contribution in [0.2, 0.25) is 0 Å². The molecule has 68 heavy (non-hydrogen) atoms. The van der Waals surface area contributed by atoms with E-state index in [1.807, 2.05) is 0 Å². The highest BCUT2D eigenvalue weighted by atomic mass is 15.1. The van der Waals surface area contributed by atoms with Gasteiger partial charge < -0.3 is 4.90 Å². The molecule has 1 heteroatoms. The molecular weight excluding hydrogens is 819 g/mol. The Bertz CT molecular complexity index is 3430. The summed E-state index contributed by atoms with van der Waals surface area (Å²) in [5.74, 6) is 0. The Hall–Kier alpha value is -7.74. The summed E-state index contributed by atoms with van der Waals surface area (Å²) in [5, 5.41) is 2.50. The van der Waals surface area contributed by atoms with Crippen LogP contribution < -0.4 is 4.90 Å². The van der Waals surface area contributed by atoms with E-state index >= 15 is 0 Å². The molecule has 2 aliphatic carbocycles. The van der Waals surface area contributed by atoms with Gasteiger partial charge in [0.25, 0.3) is 0 Å². The van der Waals surface area contributed by atoms with Gasteiger partial charge in [-0.3, -0.25) is 0 Å². The minimum atomic E-state index is -0.569. The number of anilines is 3. The molecule has 0 aliphatic heterocycles. The molecule has 0 radical (unpaired) electrons. The van der Waals surface area contributed by atoms with Crippen molar-refractivity contribution < 1.29 is 0 Å². The molecule has 0 heterocycles. The molecule has 0 fully saturated rings. The van der Waals surface area contributed by atoms with Crippen molar-refractivity contribution in [3.8, 4) is 44.5 Å². The fourth-order valence-corrected chi connectivity index (χ4v) is 12.0. The standard InChI is InChI=1S/C67H55N/c1-65(2)42-43-66(3,4)64-57(31-19-33-61(64)65)59-44-58-56-29-16-17-32-60(56)67(50-24-10-6-11-25-50,51-26-12-7-13-27-51)62(58)45-63(59)68(52-38-34-47(35-39-52)46-20-8-5-9-21-46)53-40-36-49(37-41-53)55-30-18-23-48-22-14-15-28-54(48)55/h5-41,44-45H,42-43H2,1-4H3. The normalized spacial score (nSPS) is 15.0. The quantitative estimate of drug-likeness (QED) is 0.147. The first-order valence-corrected chi connectivity index (χ1v) is 24.3. The second-order valence-corrected chi connectivity index (χ2v) is 20.3. The third kappa shape index (κ3) is 6.67. The predicted octanol–water partition coefficient (Wildman–Crippen LogP) is 18.0. The van der Waals surface area contributed by atoms with Gasteiger partial charge in [-0.2, -0.15) is 0 Å². The molecule has 1 nitrogen and oxygen atoms in total. The minimum Gasteiger partial charge on any atom is -0.310 e.